The summed E-state index contributed by atoms with van der Waals surface area (Å²) in [6, 6.07) is 14.7. The molecule has 0 saturated carbocycles. The molecule has 1 fully saturated rings. The Morgan fingerprint density at radius 2 is 1.76 bits per heavy atom. The number of halogens is 1. The molecule has 1 aliphatic heterocycles. The quantitative estimate of drug-likeness (QED) is 0.684. The molecule has 0 amide bonds. The van der Waals surface area contributed by atoms with Crippen molar-refractivity contribution in [3.63, 3.8) is 0 Å². The van der Waals surface area contributed by atoms with Gasteiger partial charge in [-0.05, 0) is 61.2 Å². The van der Waals surface area contributed by atoms with Gasteiger partial charge in [-0.1, -0.05) is 39.3 Å². The standard InChI is InChI=1S/C19H19BrN4O/c1-11-3-4-14(9-12(11)2)16-10-17(23-22-16)19-21-18(24-25-19)13-5-7-15(20)8-6-13/h3-9,16-17,22-23H,10H2,1-2H3. The van der Waals surface area contributed by atoms with E-state index in [1.54, 1.807) is 0 Å². The number of aromatic nitrogens is 2. The molecule has 6 heteroatoms. The van der Waals surface area contributed by atoms with E-state index >= 15 is 0 Å². The van der Waals surface area contributed by atoms with Gasteiger partial charge in [-0.3, -0.25) is 0 Å². The fourth-order valence-electron chi connectivity index (χ4n) is 3.01. The molecular weight excluding hydrogens is 380 g/mol. The molecule has 2 aromatic carbocycles. The average Bonchev–Trinajstić information content (AvgIpc) is 3.27. The lowest BCUT2D eigenvalue weighted by atomic mass is 9.98. The Balaban J connectivity index is 1.50. The second-order valence-electron chi connectivity index (χ2n) is 6.44. The zero-order valence-electron chi connectivity index (χ0n) is 14.1. The van der Waals surface area contributed by atoms with E-state index in [4.69, 9.17) is 4.52 Å². The molecule has 1 aliphatic rings. The highest BCUT2D eigenvalue weighted by atomic mass is 79.9. The van der Waals surface area contributed by atoms with Gasteiger partial charge in [0.25, 0.3) is 0 Å². The molecule has 0 radical (unpaired) electrons. The van der Waals surface area contributed by atoms with Crippen molar-refractivity contribution in [2.75, 3.05) is 0 Å². The Hall–Kier alpha value is -2.02. The van der Waals surface area contributed by atoms with Gasteiger partial charge in [-0.15, -0.1) is 0 Å². The minimum atomic E-state index is 0.00306. The zero-order valence-corrected chi connectivity index (χ0v) is 15.7. The molecule has 0 bridgehead atoms. The lowest BCUT2D eigenvalue weighted by Crippen LogP contribution is -2.26. The normalized spacial score (nSPS) is 20.1. The van der Waals surface area contributed by atoms with Crippen LogP contribution in [0.3, 0.4) is 0 Å². The maximum absolute atomic E-state index is 5.48. The lowest BCUT2D eigenvalue weighted by Gasteiger charge is -2.11. The second kappa shape index (κ2) is 6.71. The molecule has 2 heterocycles. The number of nitrogens with zero attached hydrogens (tertiary/aromatic N) is 2. The topological polar surface area (TPSA) is 63.0 Å². The van der Waals surface area contributed by atoms with Gasteiger partial charge in [0.1, 0.15) is 6.04 Å². The van der Waals surface area contributed by atoms with Crippen molar-refractivity contribution in [3.8, 4) is 11.4 Å². The summed E-state index contributed by atoms with van der Waals surface area (Å²) in [6.45, 7) is 4.27. The molecule has 1 aromatic heterocycles. The highest BCUT2D eigenvalue weighted by molar-refractivity contribution is 9.10. The number of nitrogens with one attached hydrogen (secondary N) is 2. The van der Waals surface area contributed by atoms with Gasteiger partial charge in [-0.2, -0.15) is 4.98 Å². The predicted molar refractivity (Wildman–Crippen MR) is 99.7 cm³/mol. The van der Waals surface area contributed by atoms with Crippen LogP contribution in [0.25, 0.3) is 11.4 Å². The maximum Gasteiger partial charge on any atom is 0.245 e. The molecule has 0 spiro atoms. The molecule has 0 aliphatic carbocycles. The van der Waals surface area contributed by atoms with Gasteiger partial charge < -0.3 is 4.52 Å². The third-order valence-electron chi connectivity index (χ3n) is 4.68. The van der Waals surface area contributed by atoms with Crippen LogP contribution < -0.4 is 10.9 Å². The van der Waals surface area contributed by atoms with Crippen LogP contribution in [0.2, 0.25) is 0 Å². The summed E-state index contributed by atoms with van der Waals surface area (Å²) in [6.07, 6.45) is 0.866. The summed E-state index contributed by atoms with van der Waals surface area (Å²) < 4.78 is 6.51. The first kappa shape index (κ1) is 16.4. The smallest absolute Gasteiger partial charge is 0.245 e. The highest BCUT2D eigenvalue weighted by Crippen LogP contribution is 2.31. The Morgan fingerprint density at radius 1 is 1.00 bits per heavy atom. The molecule has 3 aromatic rings. The van der Waals surface area contributed by atoms with E-state index in [2.05, 4.69) is 69.0 Å². The van der Waals surface area contributed by atoms with Crippen LogP contribution in [-0.4, -0.2) is 10.1 Å². The molecule has 1 saturated heterocycles. The van der Waals surface area contributed by atoms with Crippen molar-refractivity contribution in [2.45, 2.75) is 32.4 Å². The van der Waals surface area contributed by atoms with Crippen LogP contribution in [0.5, 0.6) is 0 Å². The van der Waals surface area contributed by atoms with Crippen molar-refractivity contribution >= 4 is 15.9 Å². The van der Waals surface area contributed by atoms with E-state index in [9.17, 15) is 0 Å². The fraction of sp³-hybridized carbons (Fsp3) is 0.263. The number of hydrazine groups is 1. The van der Waals surface area contributed by atoms with Crippen LogP contribution >= 0.6 is 15.9 Å². The summed E-state index contributed by atoms with van der Waals surface area (Å²) in [7, 11) is 0. The van der Waals surface area contributed by atoms with Gasteiger partial charge in [0.2, 0.25) is 11.7 Å². The van der Waals surface area contributed by atoms with E-state index in [-0.39, 0.29) is 12.1 Å². The number of benzene rings is 2. The minimum absolute atomic E-state index is 0.00306. The molecule has 2 unspecified atom stereocenters. The SMILES string of the molecule is Cc1ccc(C2CC(c3nc(-c4ccc(Br)cc4)no3)NN2)cc1C. The van der Waals surface area contributed by atoms with Crippen molar-refractivity contribution in [1.82, 2.24) is 21.0 Å². The predicted octanol–water partition coefficient (Wildman–Crippen LogP) is 4.40. The molecule has 4 rings (SSSR count). The van der Waals surface area contributed by atoms with Crippen molar-refractivity contribution in [3.05, 3.63) is 69.5 Å². The van der Waals surface area contributed by atoms with Crippen molar-refractivity contribution in [1.29, 1.82) is 0 Å². The first-order chi connectivity index (χ1) is 12.1. The first-order valence-electron chi connectivity index (χ1n) is 8.28. The number of hydrogen-bond donors (Lipinski definition) is 2. The summed E-state index contributed by atoms with van der Waals surface area (Å²) in [5.74, 6) is 1.22. The van der Waals surface area contributed by atoms with Gasteiger partial charge >= 0.3 is 0 Å². The van der Waals surface area contributed by atoms with E-state index in [1.807, 2.05) is 24.3 Å². The van der Waals surface area contributed by atoms with Crippen molar-refractivity contribution < 1.29 is 4.52 Å². The van der Waals surface area contributed by atoms with Crippen LogP contribution in [0.4, 0.5) is 0 Å². The Morgan fingerprint density at radius 3 is 2.52 bits per heavy atom. The lowest BCUT2D eigenvalue weighted by molar-refractivity contribution is 0.340. The fourth-order valence-corrected chi connectivity index (χ4v) is 3.28. The van der Waals surface area contributed by atoms with E-state index in [0.29, 0.717) is 11.7 Å². The molecule has 5 nitrogen and oxygen atoms in total. The monoisotopic (exact) mass is 398 g/mol. The van der Waals surface area contributed by atoms with Gasteiger partial charge in [0.05, 0.1) is 0 Å². The number of aryl methyl sites for hydroxylation is 2. The second-order valence-corrected chi connectivity index (χ2v) is 7.35. The molecule has 2 atom stereocenters. The Kier molecular flexibility index (Phi) is 4.41. The van der Waals surface area contributed by atoms with E-state index in [0.717, 1.165) is 16.5 Å². The van der Waals surface area contributed by atoms with E-state index < -0.39 is 0 Å². The van der Waals surface area contributed by atoms with Gasteiger partial charge in [0.15, 0.2) is 0 Å². The highest BCUT2D eigenvalue weighted by Gasteiger charge is 2.30. The summed E-state index contributed by atoms with van der Waals surface area (Å²) in [5, 5.41) is 4.11. The molecular formula is C19H19BrN4O. The van der Waals surface area contributed by atoms with Crippen LogP contribution in [0.1, 0.15) is 41.1 Å². The summed E-state index contributed by atoms with van der Waals surface area (Å²) in [5.41, 5.74) is 11.4. The first-order valence-corrected chi connectivity index (χ1v) is 9.07. The van der Waals surface area contributed by atoms with Crippen LogP contribution in [0.15, 0.2) is 51.5 Å². The molecule has 128 valence electrons. The molecule has 25 heavy (non-hydrogen) atoms. The number of rotatable bonds is 3. The summed E-state index contributed by atoms with van der Waals surface area (Å²) in [4.78, 5) is 4.56. The van der Waals surface area contributed by atoms with Crippen LogP contribution in [-0.2, 0) is 0 Å². The Bertz CT molecular complexity index is 891. The average molecular weight is 399 g/mol. The third-order valence-corrected chi connectivity index (χ3v) is 5.21. The van der Waals surface area contributed by atoms with E-state index in [1.165, 1.54) is 16.7 Å². The maximum atomic E-state index is 5.48. The van der Waals surface area contributed by atoms with Crippen molar-refractivity contribution in [2.24, 2.45) is 0 Å². The third kappa shape index (κ3) is 3.38. The van der Waals surface area contributed by atoms with Gasteiger partial charge in [-0.25, -0.2) is 10.9 Å². The Labute approximate surface area is 154 Å². The van der Waals surface area contributed by atoms with Crippen LogP contribution in [0, 0.1) is 13.8 Å². The van der Waals surface area contributed by atoms with Gasteiger partial charge in [0, 0.05) is 16.1 Å². The zero-order chi connectivity index (χ0) is 17.4. The number of hydrogen-bond acceptors (Lipinski definition) is 5. The largest absolute Gasteiger partial charge is 0.337 e. The summed E-state index contributed by atoms with van der Waals surface area (Å²) >= 11 is 3.43. The molecule has 2 N–H and O–H groups in total. The minimum Gasteiger partial charge on any atom is -0.337 e.